The van der Waals surface area contributed by atoms with Crippen molar-refractivity contribution >= 4 is 40.1 Å². The molecule has 0 radical (unpaired) electrons. The summed E-state index contributed by atoms with van der Waals surface area (Å²) >= 11 is 2.22. The SMILES string of the molecule is CC(C)=C1[C@H]2C=C[C@@H]1[C@H]1C(=O)N(c3ccc(I)cc3)C(=O)[C@@H]12. The number of nitrogens with zero attached hydrogens (tertiary/aromatic N) is 1. The average molecular weight is 405 g/mol. The molecule has 2 aliphatic carbocycles. The van der Waals surface area contributed by atoms with Crippen LogP contribution in [0.15, 0.2) is 47.6 Å². The third-order valence-electron chi connectivity index (χ3n) is 5.08. The van der Waals surface area contributed by atoms with E-state index in [9.17, 15) is 9.59 Å². The normalized spacial score (nSPS) is 32.1. The molecular formula is C18H16INO2. The molecule has 1 aromatic rings. The molecule has 4 rings (SSSR count). The monoisotopic (exact) mass is 405 g/mol. The van der Waals surface area contributed by atoms with Gasteiger partial charge in [0.2, 0.25) is 11.8 Å². The molecule has 1 saturated heterocycles. The Morgan fingerprint density at radius 1 is 0.955 bits per heavy atom. The number of benzene rings is 1. The van der Waals surface area contributed by atoms with E-state index in [4.69, 9.17) is 0 Å². The minimum absolute atomic E-state index is 0.0354. The van der Waals surface area contributed by atoms with Crippen LogP contribution in [0.1, 0.15) is 13.8 Å². The van der Waals surface area contributed by atoms with Crippen molar-refractivity contribution in [3.05, 3.63) is 51.1 Å². The Balaban J connectivity index is 1.76. The molecule has 0 N–H and O–H groups in total. The van der Waals surface area contributed by atoms with E-state index in [0.717, 1.165) is 3.57 Å². The van der Waals surface area contributed by atoms with Crippen molar-refractivity contribution < 1.29 is 9.59 Å². The van der Waals surface area contributed by atoms with Crippen molar-refractivity contribution in [3.8, 4) is 0 Å². The van der Waals surface area contributed by atoms with Gasteiger partial charge in [-0.05, 0) is 60.7 Å². The highest BCUT2D eigenvalue weighted by Gasteiger charge is 2.61. The zero-order valence-electron chi connectivity index (χ0n) is 12.4. The summed E-state index contributed by atoms with van der Waals surface area (Å²) in [6.07, 6.45) is 4.24. The number of allylic oxidation sites excluding steroid dienone is 4. The fourth-order valence-electron chi connectivity index (χ4n) is 4.27. The Labute approximate surface area is 143 Å². The highest BCUT2D eigenvalue weighted by molar-refractivity contribution is 14.1. The lowest BCUT2D eigenvalue weighted by atomic mass is 9.85. The third-order valence-corrected chi connectivity index (χ3v) is 5.80. The van der Waals surface area contributed by atoms with E-state index in [-0.39, 0.29) is 35.5 Å². The second kappa shape index (κ2) is 4.78. The number of carbonyl (C=O) groups excluding carboxylic acids is 2. The maximum atomic E-state index is 12.9. The molecule has 4 atom stereocenters. The van der Waals surface area contributed by atoms with Gasteiger partial charge in [-0.15, -0.1) is 0 Å². The Morgan fingerprint density at radius 2 is 1.45 bits per heavy atom. The maximum absolute atomic E-state index is 12.9. The molecule has 112 valence electrons. The Kier molecular flexibility index (Phi) is 3.08. The predicted molar refractivity (Wildman–Crippen MR) is 93.1 cm³/mol. The number of halogens is 1. The zero-order chi connectivity index (χ0) is 15.6. The van der Waals surface area contributed by atoms with Gasteiger partial charge in [0.05, 0.1) is 17.5 Å². The summed E-state index contributed by atoms with van der Waals surface area (Å²) in [6, 6.07) is 7.57. The molecule has 0 aromatic heterocycles. The van der Waals surface area contributed by atoms with E-state index in [1.165, 1.54) is 16.0 Å². The first kappa shape index (κ1) is 14.2. The van der Waals surface area contributed by atoms with E-state index in [0.29, 0.717) is 5.69 Å². The summed E-state index contributed by atoms with van der Waals surface area (Å²) in [7, 11) is 0. The first-order valence-electron chi connectivity index (χ1n) is 7.49. The van der Waals surface area contributed by atoms with Crippen LogP contribution < -0.4 is 4.90 Å². The van der Waals surface area contributed by atoms with Gasteiger partial charge in [-0.3, -0.25) is 9.59 Å². The molecule has 1 saturated carbocycles. The van der Waals surface area contributed by atoms with Crippen LogP contribution in [0.3, 0.4) is 0 Å². The topological polar surface area (TPSA) is 37.4 Å². The Bertz CT molecular complexity index is 709. The first-order valence-corrected chi connectivity index (χ1v) is 8.57. The lowest BCUT2D eigenvalue weighted by molar-refractivity contribution is -0.122. The van der Waals surface area contributed by atoms with E-state index >= 15 is 0 Å². The van der Waals surface area contributed by atoms with Gasteiger partial charge < -0.3 is 0 Å². The molecule has 1 aromatic carbocycles. The molecule has 2 amide bonds. The van der Waals surface area contributed by atoms with Crippen LogP contribution >= 0.6 is 22.6 Å². The third kappa shape index (κ3) is 1.73. The molecule has 2 bridgehead atoms. The molecular weight excluding hydrogens is 389 g/mol. The number of fused-ring (bicyclic) bond motifs is 5. The lowest BCUT2D eigenvalue weighted by Gasteiger charge is -2.19. The Hall–Kier alpha value is -1.43. The number of imide groups is 1. The second-order valence-corrected chi connectivity index (χ2v) is 7.68. The zero-order valence-corrected chi connectivity index (χ0v) is 14.6. The number of hydrogen-bond donors (Lipinski definition) is 0. The number of hydrogen-bond acceptors (Lipinski definition) is 2. The summed E-state index contributed by atoms with van der Waals surface area (Å²) in [5.74, 6) is -0.243. The fourth-order valence-corrected chi connectivity index (χ4v) is 4.63. The average Bonchev–Trinajstić information content (AvgIpc) is 3.11. The van der Waals surface area contributed by atoms with Gasteiger partial charge >= 0.3 is 0 Å². The van der Waals surface area contributed by atoms with Crippen LogP contribution in [-0.4, -0.2) is 11.8 Å². The molecule has 0 spiro atoms. The molecule has 3 nitrogen and oxygen atoms in total. The highest BCUT2D eigenvalue weighted by atomic mass is 127. The van der Waals surface area contributed by atoms with Crippen molar-refractivity contribution in [2.45, 2.75) is 13.8 Å². The smallest absolute Gasteiger partial charge is 0.238 e. The van der Waals surface area contributed by atoms with Gasteiger partial charge in [-0.25, -0.2) is 4.90 Å². The van der Waals surface area contributed by atoms with Crippen molar-refractivity contribution in [2.24, 2.45) is 23.7 Å². The largest absolute Gasteiger partial charge is 0.274 e. The summed E-state index contributed by atoms with van der Waals surface area (Å²) in [4.78, 5) is 27.2. The molecule has 3 aliphatic rings. The summed E-state index contributed by atoms with van der Waals surface area (Å²) in [5, 5.41) is 0. The number of rotatable bonds is 1. The number of anilines is 1. The van der Waals surface area contributed by atoms with Crippen LogP contribution in [-0.2, 0) is 9.59 Å². The minimum atomic E-state index is -0.202. The van der Waals surface area contributed by atoms with Crippen LogP contribution in [0.4, 0.5) is 5.69 Å². The van der Waals surface area contributed by atoms with Gasteiger partial charge in [0.15, 0.2) is 0 Å². The molecule has 2 fully saturated rings. The van der Waals surface area contributed by atoms with Crippen LogP contribution in [0.5, 0.6) is 0 Å². The van der Waals surface area contributed by atoms with Crippen LogP contribution in [0, 0.1) is 27.2 Å². The molecule has 1 aliphatic heterocycles. The van der Waals surface area contributed by atoms with Crippen molar-refractivity contribution in [3.63, 3.8) is 0 Å². The van der Waals surface area contributed by atoms with Crippen molar-refractivity contribution in [2.75, 3.05) is 4.90 Å². The van der Waals surface area contributed by atoms with Gasteiger partial charge in [0.1, 0.15) is 0 Å². The molecule has 0 unspecified atom stereocenters. The summed E-state index contributed by atoms with van der Waals surface area (Å²) < 4.78 is 1.09. The minimum Gasteiger partial charge on any atom is -0.274 e. The van der Waals surface area contributed by atoms with Crippen molar-refractivity contribution in [1.29, 1.82) is 0 Å². The predicted octanol–water partition coefficient (Wildman–Crippen LogP) is 3.55. The summed E-state index contributed by atoms with van der Waals surface area (Å²) in [5.41, 5.74) is 3.23. The quantitative estimate of drug-likeness (QED) is 0.407. The molecule has 1 heterocycles. The van der Waals surface area contributed by atoms with E-state index in [1.54, 1.807) is 0 Å². The standard InChI is InChI=1S/C18H16INO2/c1-9(2)14-12-7-8-13(14)16-15(12)17(21)20(18(16)22)11-5-3-10(19)4-6-11/h3-8,12-13,15-16H,1-2H3/t12-,13+,15-,16-/m1/s1. The first-order chi connectivity index (χ1) is 10.5. The Morgan fingerprint density at radius 3 is 1.91 bits per heavy atom. The van der Waals surface area contributed by atoms with Crippen LogP contribution in [0.2, 0.25) is 0 Å². The molecule has 4 heteroatoms. The fraction of sp³-hybridized carbons (Fsp3) is 0.333. The van der Waals surface area contributed by atoms with E-state index in [1.807, 2.05) is 24.3 Å². The van der Waals surface area contributed by atoms with Gasteiger partial charge in [0.25, 0.3) is 0 Å². The van der Waals surface area contributed by atoms with E-state index < -0.39 is 0 Å². The van der Waals surface area contributed by atoms with E-state index in [2.05, 4.69) is 48.6 Å². The number of carbonyl (C=O) groups is 2. The lowest BCUT2D eigenvalue weighted by Crippen LogP contribution is -2.33. The molecule has 22 heavy (non-hydrogen) atoms. The van der Waals surface area contributed by atoms with Gasteiger partial charge in [0, 0.05) is 15.4 Å². The van der Waals surface area contributed by atoms with Gasteiger partial charge in [-0.1, -0.05) is 23.3 Å². The highest BCUT2D eigenvalue weighted by Crippen LogP contribution is 2.57. The maximum Gasteiger partial charge on any atom is 0.238 e. The van der Waals surface area contributed by atoms with Crippen molar-refractivity contribution in [1.82, 2.24) is 0 Å². The number of amides is 2. The second-order valence-electron chi connectivity index (χ2n) is 6.43. The summed E-state index contributed by atoms with van der Waals surface area (Å²) in [6.45, 7) is 4.16. The van der Waals surface area contributed by atoms with Crippen LogP contribution in [0.25, 0.3) is 0 Å². The van der Waals surface area contributed by atoms with Gasteiger partial charge in [-0.2, -0.15) is 0 Å².